The first-order valence-electron chi connectivity index (χ1n) is 11.8. The Labute approximate surface area is 215 Å². The number of benzene rings is 3. The van der Waals surface area contributed by atoms with Crippen molar-refractivity contribution in [3.8, 4) is 28.5 Å². The van der Waals surface area contributed by atoms with Gasteiger partial charge in [-0.15, -0.1) is 0 Å². The Bertz CT molecular complexity index is 1560. The Morgan fingerprint density at radius 3 is 2.50 bits per heavy atom. The third-order valence-electron chi connectivity index (χ3n) is 6.30. The molecule has 196 valence electrons. The van der Waals surface area contributed by atoms with E-state index in [2.05, 4.69) is 10.3 Å². The van der Waals surface area contributed by atoms with Gasteiger partial charge in [0.05, 0.1) is 12.8 Å². The van der Waals surface area contributed by atoms with Crippen LogP contribution in [0.3, 0.4) is 0 Å². The molecule has 3 aromatic carbocycles. The van der Waals surface area contributed by atoms with Crippen molar-refractivity contribution < 1.29 is 27.0 Å². The zero-order valence-electron chi connectivity index (χ0n) is 20.5. The molecule has 0 amide bonds. The molecule has 0 saturated carbocycles. The monoisotopic (exact) mass is 525 g/mol. The molecule has 0 unspecified atom stereocenters. The number of fused-ring (bicyclic) bond motifs is 3. The largest absolute Gasteiger partial charge is 0.497 e. The molecule has 1 N–H and O–H groups in total. The van der Waals surface area contributed by atoms with E-state index < -0.39 is 29.0 Å². The van der Waals surface area contributed by atoms with Gasteiger partial charge in [0.15, 0.2) is 17.4 Å². The molecule has 1 aliphatic heterocycles. The van der Waals surface area contributed by atoms with E-state index >= 15 is 0 Å². The Morgan fingerprint density at radius 1 is 1.03 bits per heavy atom. The molecule has 0 atom stereocenters. The van der Waals surface area contributed by atoms with Crippen molar-refractivity contribution in [2.75, 3.05) is 12.4 Å². The molecule has 0 bridgehead atoms. The second-order valence-corrected chi connectivity index (χ2v) is 8.99. The van der Waals surface area contributed by atoms with Crippen molar-refractivity contribution in [3.05, 3.63) is 99.5 Å². The highest BCUT2D eigenvalue weighted by Crippen LogP contribution is 2.34. The molecule has 0 fully saturated rings. The number of alkyl halides is 2. The molecule has 0 aliphatic carbocycles. The molecule has 1 aliphatic rings. The van der Waals surface area contributed by atoms with Crippen molar-refractivity contribution in [2.24, 2.45) is 0 Å². The summed E-state index contributed by atoms with van der Waals surface area (Å²) < 4.78 is 68.8. The quantitative estimate of drug-likeness (QED) is 0.288. The summed E-state index contributed by atoms with van der Waals surface area (Å²) in [6, 6.07) is 14.3. The highest BCUT2D eigenvalue weighted by atomic mass is 19.3. The molecule has 5 rings (SSSR count). The fraction of sp³-hybridized carbons (Fsp3) is 0.214. The average Bonchev–Trinajstić information content (AvgIpc) is 2.88. The van der Waals surface area contributed by atoms with E-state index in [0.717, 1.165) is 42.0 Å². The minimum atomic E-state index is -3.13. The van der Waals surface area contributed by atoms with E-state index in [-0.39, 0.29) is 29.2 Å². The lowest BCUT2D eigenvalue weighted by Gasteiger charge is -2.22. The second kappa shape index (κ2) is 9.85. The van der Waals surface area contributed by atoms with E-state index in [4.69, 9.17) is 9.47 Å². The molecule has 1 aromatic heterocycles. The predicted molar refractivity (Wildman–Crippen MR) is 134 cm³/mol. The fourth-order valence-corrected chi connectivity index (χ4v) is 4.38. The number of halogens is 4. The van der Waals surface area contributed by atoms with Crippen LogP contribution in [0.2, 0.25) is 0 Å². The Morgan fingerprint density at radius 2 is 1.79 bits per heavy atom. The van der Waals surface area contributed by atoms with Crippen molar-refractivity contribution in [2.45, 2.75) is 32.4 Å². The maximum absolute atomic E-state index is 14.8. The summed E-state index contributed by atoms with van der Waals surface area (Å²) in [5, 5.41) is 2.95. The number of nitrogens with zero attached hydrogens (tertiary/aromatic N) is 2. The minimum Gasteiger partial charge on any atom is -0.497 e. The first-order valence-corrected chi connectivity index (χ1v) is 11.8. The number of methoxy groups -OCH3 is 1. The minimum absolute atomic E-state index is 0.0307. The van der Waals surface area contributed by atoms with Crippen LogP contribution in [0.25, 0.3) is 11.3 Å². The van der Waals surface area contributed by atoms with Gasteiger partial charge in [-0.2, -0.15) is 4.98 Å². The highest BCUT2D eigenvalue weighted by molar-refractivity contribution is 5.69. The van der Waals surface area contributed by atoms with Crippen LogP contribution in [0, 0.1) is 11.6 Å². The smallest absolute Gasteiger partial charge is 0.349 e. The zero-order chi connectivity index (χ0) is 27.0. The molecular formula is C28H23F4N3O3. The maximum atomic E-state index is 14.8. The van der Waals surface area contributed by atoms with Crippen LogP contribution in [0.5, 0.6) is 17.2 Å². The van der Waals surface area contributed by atoms with Crippen LogP contribution in [0.4, 0.5) is 23.4 Å². The summed E-state index contributed by atoms with van der Waals surface area (Å²) in [6.07, 6.45) is 0.659. The summed E-state index contributed by atoms with van der Waals surface area (Å²) in [7, 11) is 1.59. The van der Waals surface area contributed by atoms with Gasteiger partial charge in [-0.3, -0.25) is 4.57 Å². The first kappa shape index (κ1) is 25.3. The number of aromatic nitrogens is 2. The van der Waals surface area contributed by atoms with Crippen LogP contribution >= 0.6 is 0 Å². The maximum Gasteiger partial charge on any atom is 0.349 e. The highest BCUT2D eigenvalue weighted by Gasteiger charge is 2.25. The van der Waals surface area contributed by atoms with Crippen LogP contribution in [0.1, 0.15) is 23.6 Å². The van der Waals surface area contributed by atoms with Crippen LogP contribution in [-0.2, 0) is 25.4 Å². The predicted octanol–water partition coefficient (Wildman–Crippen LogP) is 6.27. The molecule has 0 radical (unpaired) electrons. The lowest BCUT2D eigenvalue weighted by atomic mass is 9.97. The van der Waals surface area contributed by atoms with Crippen LogP contribution in [0.15, 0.2) is 65.5 Å². The van der Waals surface area contributed by atoms with Gasteiger partial charge in [0.1, 0.15) is 17.3 Å². The van der Waals surface area contributed by atoms with Gasteiger partial charge >= 0.3 is 5.69 Å². The van der Waals surface area contributed by atoms with Crippen LogP contribution < -0.4 is 20.5 Å². The molecule has 2 heterocycles. The average molecular weight is 526 g/mol. The summed E-state index contributed by atoms with van der Waals surface area (Å²) in [6.45, 7) is 1.16. The topological polar surface area (TPSA) is 65.4 Å². The number of ether oxygens (including phenoxy) is 2. The Hall–Kier alpha value is -4.34. The Kier molecular flexibility index (Phi) is 6.56. The molecule has 4 aromatic rings. The van der Waals surface area contributed by atoms with Gasteiger partial charge < -0.3 is 14.8 Å². The van der Waals surface area contributed by atoms with Gasteiger partial charge in [-0.25, -0.2) is 22.4 Å². The molecule has 38 heavy (non-hydrogen) atoms. The molecular weight excluding hydrogens is 502 g/mol. The standard InChI is InChI=1S/C28H23F4N3O3/c1-28(31,32)18-4-3-5-20(13-18)38-26-22(29)10-16(11-23(26)30)15-33-25-14-24-21-7-6-19(37-2)12-17(21)8-9-35(24)27(36)34-25/h3-7,10-14H,8-9,15H2,1-2H3,(H,33,34,36). The van der Waals surface area contributed by atoms with Crippen molar-refractivity contribution in [3.63, 3.8) is 0 Å². The summed E-state index contributed by atoms with van der Waals surface area (Å²) >= 11 is 0. The van der Waals surface area contributed by atoms with Crippen molar-refractivity contribution in [1.29, 1.82) is 0 Å². The molecule has 6 nitrogen and oxygen atoms in total. The van der Waals surface area contributed by atoms with E-state index in [9.17, 15) is 22.4 Å². The van der Waals surface area contributed by atoms with Gasteiger partial charge in [0.2, 0.25) is 0 Å². The SMILES string of the molecule is COc1ccc2c(c1)CCn1c-2cc(NCc2cc(F)c(Oc3cccc(C(C)(F)F)c3)c(F)c2)nc1=O. The normalized spacial score (nSPS) is 12.5. The van der Waals surface area contributed by atoms with Gasteiger partial charge in [0.25, 0.3) is 5.92 Å². The van der Waals surface area contributed by atoms with E-state index in [1.807, 2.05) is 18.2 Å². The van der Waals surface area contributed by atoms with E-state index in [0.29, 0.717) is 18.7 Å². The van der Waals surface area contributed by atoms with Crippen LogP contribution in [-0.4, -0.2) is 16.7 Å². The van der Waals surface area contributed by atoms with E-state index in [1.54, 1.807) is 17.7 Å². The number of aryl methyl sites for hydroxylation is 1. The fourth-order valence-electron chi connectivity index (χ4n) is 4.38. The zero-order valence-corrected chi connectivity index (χ0v) is 20.5. The lowest BCUT2D eigenvalue weighted by Crippen LogP contribution is -2.29. The number of anilines is 1. The molecule has 10 heteroatoms. The number of rotatable bonds is 7. The van der Waals surface area contributed by atoms with Crippen molar-refractivity contribution >= 4 is 5.82 Å². The Balaban J connectivity index is 1.35. The first-order chi connectivity index (χ1) is 18.1. The van der Waals surface area contributed by atoms with Crippen molar-refractivity contribution in [1.82, 2.24) is 9.55 Å². The summed E-state index contributed by atoms with van der Waals surface area (Å²) in [5.74, 6) is -4.99. The summed E-state index contributed by atoms with van der Waals surface area (Å²) in [5.41, 5.74) is 2.04. The number of hydrogen-bond donors (Lipinski definition) is 1. The molecule has 0 spiro atoms. The van der Waals surface area contributed by atoms with Gasteiger partial charge in [-0.1, -0.05) is 12.1 Å². The van der Waals surface area contributed by atoms with E-state index in [1.165, 1.54) is 18.2 Å². The molecule has 0 saturated heterocycles. The second-order valence-electron chi connectivity index (χ2n) is 8.99. The third kappa shape index (κ3) is 5.06. The van der Waals surface area contributed by atoms with Gasteiger partial charge in [0, 0.05) is 37.2 Å². The van der Waals surface area contributed by atoms with Gasteiger partial charge in [-0.05, 0) is 60.0 Å². The number of hydrogen-bond acceptors (Lipinski definition) is 5. The third-order valence-corrected chi connectivity index (χ3v) is 6.30. The summed E-state index contributed by atoms with van der Waals surface area (Å²) in [4.78, 5) is 16.7. The lowest BCUT2D eigenvalue weighted by molar-refractivity contribution is 0.0173. The number of nitrogens with one attached hydrogen (secondary N) is 1.